The lowest BCUT2D eigenvalue weighted by Crippen LogP contribution is -2.29. The van der Waals surface area contributed by atoms with E-state index in [1.165, 1.54) is 31.0 Å². The number of primary sulfonamides is 1. The monoisotopic (exact) mass is 636 g/mol. The van der Waals surface area contributed by atoms with Crippen molar-refractivity contribution in [3.8, 4) is 0 Å². The van der Waals surface area contributed by atoms with Crippen LogP contribution in [0.15, 0.2) is 88.0 Å². The number of halogens is 1. The number of anilines is 1. The van der Waals surface area contributed by atoms with Crippen molar-refractivity contribution in [2.75, 3.05) is 32.6 Å². The highest BCUT2D eigenvalue weighted by atomic mass is 35.5. The number of rotatable bonds is 12. The van der Waals surface area contributed by atoms with E-state index in [1.54, 1.807) is 41.5 Å². The van der Waals surface area contributed by atoms with Gasteiger partial charge in [0, 0.05) is 48.2 Å². The van der Waals surface area contributed by atoms with Crippen LogP contribution in [0.4, 0.5) is 5.69 Å². The van der Waals surface area contributed by atoms with Crippen molar-refractivity contribution in [3.63, 3.8) is 0 Å². The molecule has 1 unspecified atom stereocenters. The number of nitrogens with one attached hydrogen (secondary N) is 1. The van der Waals surface area contributed by atoms with Crippen LogP contribution in [0.2, 0.25) is 0 Å². The molecule has 0 aliphatic heterocycles. The molecule has 42 heavy (non-hydrogen) atoms. The Morgan fingerprint density at radius 1 is 1.29 bits per heavy atom. The van der Waals surface area contributed by atoms with E-state index in [9.17, 15) is 23.1 Å². The van der Waals surface area contributed by atoms with Crippen LogP contribution in [0.5, 0.6) is 0 Å². The Hall–Kier alpha value is -3.06. The molecule has 0 fully saturated rings. The Balaban J connectivity index is 0.000000844. The Morgan fingerprint density at radius 2 is 1.95 bits per heavy atom. The van der Waals surface area contributed by atoms with E-state index in [1.807, 2.05) is 50.9 Å². The Labute approximate surface area is 258 Å². The molecule has 0 bridgehead atoms. The normalized spacial score (nSPS) is 14.5. The number of aliphatic hydroxyl groups excluding tert-OH is 1. The molecule has 12 heteroatoms. The molecule has 2 rings (SSSR count). The summed E-state index contributed by atoms with van der Waals surface area (Å²) in [5.41, 5.74) is 2.83. The molecule has 0 spiro atoms. The molecule has 1 aliphatic rings. The summed E-state index contributed by atoms with van der Waals surface area (Å²) >= 11 is 7.20. The second-order valence-electron chi connectivity index (χ2n) is 9.72. The SMILES string of the molecule is C=C/C(Cl)=C\C=C(C)C.CNC(=O)/C(C=O)=C/N(C)c1cc(CN(C)CC(O)C2=CC=C(S(N)(=O)=O)C=CC2)sc1C. The summed E-state index contributed by atoms with van der Waals surface area (Å²) in [7, 11) is 1.33. The Morgan fingerprint density at radius 3 is 2.50 bits per heavy atom. The van der Waals surface area contributed by atoms with Gasteiger partial charge in [0.15, 0.2) is 6.29 Å². The van der Waals surface area contributed by atoms with Crippen LogP contribution in [0, 0.1) is 6.92 Å². The number of likely N-dealkylation sites (N-methyl/N-ethyl adjacent to an activating group) is 2. The van der Waals surface area contributed by atoms with Gasteiger partial charge in [0.2, 0.25) is 10.0 Å². The smallest absolute Gasteiger partial charge is 0.255 e. The van der Waals surface area contributed by atoms with Crippen molar-refractivity contribution in [2.45, 2.75) is 39.8 Å². The molecule has 4 N–H and O–H groups in total. The van der Waals surface area contributed by atoms with Crippen LogP contribution in [-0.4, -0.2) is 64.4 Å². The van der Waals surface area contributed by atoms with Crippen molar-refractivity contribution < 1.29 is 23.1 Å². The third-order valence-corrected chi connectivity index (χ3v) is 8.04. The van der Waals surface area contributed by atoms with Gasteiger partial charge in [0.25, 0.3) is 5.91 Å². The third-order valence-electron chi connectivity index (χ3n) is 5.81. The zero-order valence-corrected chi connectivity index (χ0v) is 27.3. The van der Waals surface area contributed by atoms with Crippen LogP contribution >= 0.6 is 22.9 Å². The molecule has 9 nitrogen and oxygen atoms in total. The predicted octanol–water partition coefficient (Wildman–Crippen LogP) is 4.43. The molecule has 0 radical (unpaired) electrons. The molecule has 1 aromatic heterocycles. The van der Waals surface area contributed by atoms with Gasteiger partial charge in [-0.2, -0.15) is 0 Å². The molecule has 1 heterocycles. The maximum Gasteiger partial charge on any atom is 0.255 e. The van der Waals surface area contributed by atoms with E-state index in [0.717, 1.165) is 15.4 Å². The molecule has 1 aliphatic carbocycles. The second-order valence-corrected chi connectivity index (χ2v) is 13.1. The number of aliphatic hydroxyl groups is 1. The van der Waals surface area contributed by atoms with Crippen molar-refractivity contribution in [1.82, 2.24) is 10.2 Å². The van der Waals surface area contributed by atoms with E-state index < -0.39 is 22.0 Å². The van der Waals surface area contributed by atoms with Crippen molar-refractivity contribution in [3.05, 3.63) is 97.8 Å². The number of hydrogen-bond acceptors (Lipinski definition) is 8. The number of aryl methyl sites for hydroxylation is 1. The molecule has 1 amide bonds. The largest absolute Gasteiger partial charge is 0.387 e. The van der Waals surface area contributed by atoms with Gasteiger partial charge in [-0.25, -0.2) is 13.6 Å². The van der Waals surface area contributed by atoms with Gasteiger partial charge in [0.05, 0.1) is 22.3 Å². The number of carbonyl (C=O) groups is 2. The number of hydrogen-bond donors (Lipinski definition) is 3. The van der Waals surface area contributed by atoms with Crippen LogP contribution in [0.1, 0.15) is 30.0 Å². The van der Waals surface area contributed by atoms with Crippen molar-refractivity contribution in [2.24, 2.45) is 5.14 Å². The Bertz CT molecular complexity index is 1410. The minimum Gasteiger partial charge on any atom is -0.387 e. The van der Waals surface area contributed by atoms with Gasteiger partial charge in [0.1, 0.15) is 0 Å². The van der Waals surface area contributed by atoms with Crippen molar-refractivity contribution in [1.29, 1.82) is 0 Å². The molecule has 0 saturated heterocycles. The lowest BCUT2D eigenvalue weighted by Gasteiger charge is -2.21. The van der Waals surface area contributed by atoms with E-state index in [4.69, 9.17) is 16.7 Å². The number of sulfonamides is 1. The summed E-state index contributed by atoms with van der Waals surface area (Å²) in [6.45, 7) is 10.4. The van der Waals surface area contributed by atoms with Gasteiger partial charge < -0.3 is 15.3 Å². The maximum atomic E-state index is 11.8. The van der Waals surface area contributed by atoms with E-state index in [0.29, 0.717) is 36.4 Å². The van der Waals surface area contributed by atoms with Gasteiger partial charge in [-0.3, -0.25) is 14.5 Å². The standard InChI is InChI=1S/C22H30N4O5S2.C8H11Cl/c1-15-20(26(4)11-17(14-27)22(29)24-2)10-18(32-15)12-25(3)13-21(28)16-6-5-7-19(9-8-16)33(23,30)31;1-4-8(9)6-5-7(2)3/h5,7-11,14,21,28H,6,12-13H2,1-4H3,(H,24,29)(H2,23,30,31);4-6H,1H2,2-3H3/b17-11+;8-6+. The molecule has 1 atom stereocenters. The first-order valence-corrected chi connectivity index (χ1v) is 15.7. The minimum atomic E-state index is -3.80. The predicted molar refractivity (Wildman–Crippen MR) is 175 cm³/mol. The van der Waals surface area contributed by atoms with Crippen LogP contribution < -0.4 is 15.4 Å². The van der Waals surface area contributed by atoms with Crippen LogP contribution in [0.25, 0.3) is 0 Å². The first-order chi connectivity index (χ1) is 19.6. The number of thiophene rings is 1. The quantitative estimate of drug-likeness (QED) is 0.102. The lowest BCUT2D eigenvalue weighted by atomic mass is 10.1. The molecular weight excluding hydrogens is 596 g/mol. The summed E-state index contributed by atoms with van der Waals surface area (Å²) < 4.78 is 23.0. The van der Waals surface area contributed by atoms with E-state index in [2.05, 4.69) is 11.9 Å². The Kier molecular flexibility index (Phi) is 15.7. The topological polar surface area (TPSA) is 133 Å². The summed E-state index contributed by atoms with van der Waals surface area (Å²) in [5, 5.41) is 18.9. The number of nitrogens with zero attached hydrogens (tertiary/aromatic N) is 2. The molecule has 1 aromatic rings. The van der Waals surface area contributed by atoms with E-state index >= 15 is 0 Å². The minimum absolute atomic E-state index is 0.00645. The molecular formula is C30H41ClN4O5S2. The number of aldehydes is 1. The maximum absolute atomic E-state index is 11.8. The number of carbonyl (C=O) groups excluding carboxylic acids is 2. The molecule has 230 valence electrons. The third kappa shape index (κ3) is 12.8. The van der Waals surface area contributed by atoms with E-state index in [-0.39, 0.29) is 10.5 Å². The average molecular weight is 637 g/mol. The fourth-order valence-electron chi connectivity index (χ4n) is 3.64. The van der Waals surface area contributed by atoms with Crippen molar-refractivity contribution >= 4 is 50.8 Å². The number of amides is 1. The molecule has 0 aromatic carbocycles. The zero-order chi connectivity index (χ0) is 32.0. The highest BCUT2D eigenvalue weighted by Gasteiger charge is 2.18. The lowest BCUT2D eigenvalue weighted by molar-refractivity contribution is -0.118. The summed E-state index contributed by atoms with van der Waals surface area (Å²) in [4.78, 5) is 28.7. The molecule has 0 saturated carbocycles. The first kappa shape index (κ1) is 37.0. The fraction of sp³-hybridized carbons (Fsp3) is 0.333. The fourth-order valence-corrected chi connectivity index (χ4v) is 5.41. The highest BCUT2D eigenvalue weighted by Crippen LogP contribution is 2.30. The first-order valence-electron chi connectivity index (χ1n) is 12.9. The second kappa shape index (κ2) is 17.8. The summed E-state index contributed by atoms with van der Waals surface area (Å²) in [6, 6.07) is 1.99. The summed E-state index contributed by atoms with van der Waals surface area (Å²) in [6.07, 6.45) is 13.2. The summed E-state index contributed by atoms with van der Waals surface area (Å²) in [5.74, 6) is -0.452. The average Bonchev–Trinajstić information content (AvgIpc) is 3.11. The van der Waals surface area contributed by atoms with Gasteiger partial charge >= 0.3 is 0 Å². The zero-order valence-electron chi connectivity index (χ0n) is 24.9. The van der Waals surface area contributed by atoms with Crippen LogP contribution in [-0.2, 0) is 26.2 Å². The highest BCUT2D eigenvalue weighted by molar-refractivity contribution is 7.93. The van der Waals surface area contributed by atoms with Gasteiger partial charge in [-0.05, 0) is 64.1 Å². The van der Waals surface area contributed by atoms with Gasteiger partial charge in [-0.15, -0.1) is 11.3 Å². The van der Waals surface area contributed by atoms with Gasteiger partial charge in [-0.1, -0.05) is 48.1 Å². The number of allylic oxidation sites excluding steroid dienone is 9. The van der Waals surface area contributed by atoms with Crippen LogP contribution in [0.3, 0.4) is 0 Å². The number of nitrogens with two attached hydrogens (primary N) is 1.